The number of nitrogens with zero attached hydrogens (tertiary/aromatic N) is 1. The molecule has 1 aromatic carbocycles. The predicted octanol–water partition coefficient (Wildman–Crippen LogP) is 3.73. The number of rotatable bonds is 2. The zero-order valence-electron chi connectivity index (χ0n) is 7.21. The van der Waals surface area contributed by atoms with E-state index >= 15 is 0 Å². The number of halogens is 2. The Morgan fingerprint density at radius 3 is 2.79 bits per heavy atom. The first-order chi connectivity index (χ1) is 6.79. The van der Waals surface area contributed by atoms with Crippen molar-refractivity contribution in [1.82, 2.24) is 5.16 Å². The molecular formula is C10H7Cl2NO. The van der Waals surface area contributed by atoms with Crippen LogP contribution in [-0.4, -0.2) is 5.16 Å². The van der Waals surface area contributed by atoms with Crippen LogP contribution in [0.15, 0.2) is 34.9 Å². The molecule has 0 spiro atoms. The molecule has 1 heterocycles. The molecule has 0 aliphatic heterocycles. The van der Waals surface area contributed by atoms with Gasteiger partial charge in [0.05, 0.1) is 5.88 Å². The second kappa shape index (κ2) is 4.03. The van der Waals surface area contributed by atoms with Gasteiger partial charge in [-0.1, -0.05) is 28.9 Å². The summed E-state index contributed by atoms with van der Waals surface area (Å²) in [5, 5.41) is 4.56. The zero-order valence-corrected chi connectivity index (χ0v) is 8.72. The predicted molar refractivity (Wildman–Crippen MR) is 56.5 cm³/mol. The molecule has 0 bridgehead atoms. The highest BCUT2D eigenvalue weighted by Crippen LogP contribution is 2.22. The highest BCUT2D eigenvalue weighted by atomic mass is 35.5. The summed E-state index contributed by atoms with van der Waals surface area (Å²) in [5.74, 6) is 0.981. The first kappa shape index (κ1) is 9.56. The molecule has 2 aromatic rings. The number of hydrogen-bond acceptors (Lipinski definition) is 2. The maximum Gasteiger partial charge on any atom is 0.152 e. The molecular weight excluding hydrogens is 221 g/mol. The minimum Gasteiger partial charge on any atom is -0.359 e. The monoisotopic (exact) mass is 227 g/mol. The molecule has 72 valence electrons. The van der Waals surface area contributed by atoms with E-state index in [2.05, 4.69) is 5.16 Å². The van der Waals surface area contributed by atoms with Crippen LogP contribution < -0.4 is 0 Å². The van der Waals surface area contributed by atoms with Crippen molar-refractivity contribution in [2.75, 3.05) is 0 Å². The van der Waals surface area contributed by atoms with E-state index in [1.807, 2.05) is 24.3 Å². The molecule has 0 N–H and O–H groups in total. The summed E-state index contributed by atoms with van der Waals surface area (Å²) in [6.45, 7) is 0. The molecule has 0 saturated carbocycles. The lowest BCUT2D eigenvalue weighted by Crippen LogP contribution is -1.75. The minimum atomic E-state index is 0.327. The molecule has 0 aliphatic rings. The van der Waals surface area contributed by atoms with Crippen molar-refractivity contribution in [1.29, 1.82) is 0 Å². The molecule has 2 nitrogen and oxygen atoms in total. The normalized spacial score (nSPS) is 10.4. The van der Waals surface area contributed by atoms with Crippen LogP contribution in [0.25, 0.3) is 11.3 Å². The van der Waals surface area contributed by atoms with Gasteiger partial charge in [-0.05, 0) is 12.1 Å². The van der Waals surface area contributed by atoms with Crippen molar-refractivity contribution in [2.45, 2.75) is 5.88 Å². The summed E-state index contributed by atoms with van der Waals surface area (Å²) < 4.78 is 4.98. The fourth-order valence-corrected chi connectivity index (χ4v) is 1.48. The Morgan fingerprint density at radius 1 is 1.29 bits per heavy atom. The molecule has 0 aliphatic carbocycles. The average molecular weight is 228 g/mol. The first-order valence-corrected chi connectivity index (χ1v) is 4.98. The second-order valence-corrected chi connectivity index (χ2v) is 3.53. The quantitative estimate of drug-likeness (QED) is 0.732. The van der Waals surface area contributed by atoms with E-state index in [4.69, 9.17) is 27.7 Å². The number of benzene rings is 1. The molecule has 2 rings (SSSR count). The molecule has 1 aromatic heterocycles. The Kier molecular flexibility index (Phi) is 2.75. The summed E-state index contributed by atoms with van der Waals surface area (Å²) in [5.41, 5.74) is 1.68. The van der Waals surface area contributed by atoms with Crippen molar-refractivity contribution in [2.24, 2.45) is 0 Å². The Labute approximate surface area is 91.4 Å². The van der Waals surface area contributed by atoms with Crippen molar-refractivity contribution >= 4 is 23.2 Å². The van der Waals surface area contributed by atoms with E-state index in [0.29, 0.717) is 16.7 Å². The van der Waals surface area contributed by atoms with E-state index in [1.165, 1.54) is 0 Å². The third kappa shape index (κ3) is 1.91. The van der Waals surface area contributed by atoms with Gasteiger partial charge in [-0.3, -0.25) is 0 Å². The second-order valence-electron chi connectivity index (χ2n) is 2.82. The minimum absolute atomic E-state index is 0.327. The van der Waals surface area contributed by atoms with Crippen LogP contribution in [0.5, 0.6) is 0 Å². The van der Waals surface area contributed by atoms with Gasteiger partial charge in [0, 0.05) is 16.7 Å². The van der Waals surface area contributed by atoms with Gasteiger partial charge in [-0.15, -0.1) is 11.6 Å². The van der Waals surface area contributed by atoms with Crippen LogP contribution in [0.1, 0.15) is 5.76 Å². The summed E-state index contributed by atoms with van der Waals surface area (Å²) in [6.07, 6.45) is 0. The van der Waals surface area contributed by atoms with Gasteiger partial charge in [-0.2, -0.15) is 0 Å². The van der Waals surface area contributed by atoms with E-state index in [0.717, 1.165) is 11.3 Å². The van der Waals surface area contributed by atoms with E-state index in [1.54, 1.807) is 6.07 Å². The Hall–Kier alpha value is -0.990. The smallest absolute Gasteiger partial charge is 0.152 e. The fraction of sp³-hybridized carbons (Fsp3) is 0.100. The molecule has 0 atom stereocenters. The van der Waals surface area contributed by atoms with Gasteiger partial charge >= 0.3 is 0 Å². The molecule has 14 heavy (non-hydrogen) atoms. The van der Waals surface area contributed by atoms with E-state index < -0.39 is 0 Å². The van der Waals surface area contributed by atoms with Crippen molar-refractivity contribution in [3.05, 3.63) is 41.1 Å². The van der Waals surface area contributed by atoms with Crippen LogP contribution >= 0.6 is 23.2 Å². The molecule has 0 unspecified atom stereocenters. The number of aromatic nitrogens is 1. The third-order valence-electron chi connectivity index (χ3n) is 1.81. The van der Waals surface area contributed by atoms with Gasteiger partial charge in [0.2, 0.25) is 0 Å². The maximum absolute atomic E-state index is 5.85. The van der Waals surface area contributed by atoms with Crippen LogP contribution in [0.2, 0.25) is 5.02 Å². The molecule has 0 radical (unpaired) electrons. The van der Waals surface area contributed by atoms with Gasteiger partial charge in [-0.25, -0.2) is 0 Å². The zero-order chi connectivity index (χ0) is 9.97. The van der Waals surface area contributed by atoms with Crippen molar-refractivity contribution in [3.8, 4) is 11.3 Å². The largest absolute Gasteiger partial charge is 0.359 e. The van der Waals surface area contributed by atoms with Gasteiger partial charge in [0.15, 0.2) is 5.76 Å². The number of hydrogen-bond donors (Lipinski definition) is 0. The van der Waals surface area contributed by atoms with Crippen molar-refractivity contribution < 1.29 is 4.52 Å². The fourth-order valence-electron chi connectivity index (χ4n) is 1.16. The lowest BCUT2D eigenvalue weighted by Gasteiger charge is -1.94. The first-order valence-electron chi connectivity index (χ1n) is 4.07. The van der Waals surface area contributed by atoms with Crippen molar-refractivity contribution in [3.63, 3.8) is 0 Å². The summed E-state index contributed by atoms with van der Waals surface area (Å²) in [6, 6.07) is 9.23. The Bertz CT molecular complexity index is 439. The topological polar surface area (TPSA) is 26.0 Å². The van der Waals surface area contributed by atoms with Crippen LogP contribution in [-0.2, 0) is 5.88 Å². The highest BCUT2D eigenvalue weighted by Gasteiger charge is 2.05. The van der Waals surface area contributed by atoms with Gasteiger partial charge in [0.1, 0.15) is 5.69 Å². The molecule has 0 fully saturated rings. The maximum atomic E-state index is 5.85. The van der Waals surface area contributed by atoms with E-state index in [9.17, 15) is 0 Å². The molecule has 0 amide bonds. The standard InChI is InChI=1S/C10H7Cl2NO/c11-6-9-5-10(13-14-9)7-2-1-3-8(12)4-7/h1-5H,6H2. The Balaban J connectivity index is 2.39. The van der Waals surface area contributed by atoms with Crippen LogP contribution in [0.4, 0.5) is 0 Å². The van der Waals surface area contributed by atoms with Gasteiger partial charge in [0.25, 0.3) is 0 Å². The molecule has 0 saturated heterocycles. The Morgan fingerprint density at radius 2 is 2.14 bits per heavy atom. The third-order valence-corrected chi connectivity index (χ3v) is 2.31. The average Bonchev–Trinajstić information content (AvgIpc) is 2.66. The van der Waals surface area contributed by atoms with Gasteiger partial charge < -0.3 is 4.52 Å². The summed E-state index contributed by atoms with van der Waals surface area (Å²) >= 11 is 11.5. The van der Waals surface area contributed by atoms with Crippen LogP contribution in [0, 0.1) is 0 Å². The number of alkyl halides is 1. The lowest BCUT2D eigenvalue weighted by molar-refractivity contribution is 0.396. The highest BCUT2D eigenvalue weighted by molar-refractivity contribution is 6.30. The summed E-state index contributed by atoms with van der Waals surface area (Å²) in [4.78, 5) is 0. The lowest BCUT2D eigenvalue weighted by atomic mass is 10.1. The van der Waals surface area contributed by atoms with Crippen LogP contribution in [0.3, 0.4) is 0 Å². The van der Waals surface area contributed by atoms with E-state index in [-0.39, 0.29) is 0 Å². The SMILES string of the molecule is ClCc1cc(-c2cccc(Cl)c2)no1. The summed E-state index contributed by atoms with van der Waals surface area (Å²) in [7, 11) is 0. The molecule has 4 heteroatoms.